The fourth-order valence-corrected chi connectivity index (χ4v) is 2.22. The monoisotopic (exact) mass is 251 g/mol. The second-order valence-corrected chi connectivity index (χ2v) is 4.91. The highest BCUT2D eigenvalue weighted by atomic mass is 32.2. The first kappa shape index (κ1) is 12.0. The van der Waals surface area contributed by atoms with Gasteiger partial charge >= 0.3 is 0 Å². The van der Waals surface area contributed by atoms with Crippen LogP contribution in [-0.4, -0.2) is 15.5 Å². The first-order valence-corrected chi connectivity index (χ1v) is 6.38. The molecular weight excluding hydrogens is 237 g/mol. The maximum atomic E-state index is 13.0. The Bertz CT molecular complexity index is 510. The van der Waals surface area contributed by atoms with Crippen molar-refractivity contribution in [2.75, 3.05) is 11.5 Å². The summed E-state index contributed by atoms with van der Waals surface area (Å²) >= 11 is 1.64. The Morgan fingerprint density at radius 1 is 1.41 bits per heavy atom. The molecule has 1 aromatic carbocycles. The molecule has 1 aromatic heterocycles. The fourth-order valence-electron chi connectivity index (χ4n) is 1.56. The van der Waals surface area contributed by atoms with Crippen LogP contribution in [0.2, 0.25) is 0 Å². The molecule has 0 saturated heterocycles. The van der Waals surface area contributed by atoms with Crippen LogP contribution in [0.15, 0.2) is 35.4 Å². The van der Waals surface area contributed by atoms with Crippen LogP contribution in [0.5, 0.6) is 0 Å². The van der Waals surface area contributed by atoms with Crippen LogP contribution in [0, 0.1) is 5.82 Å². The molecule has 0 radical (unpaired) electrons. The third-order valence-corrected chi connectivity index (χ3v) is 3.09. The van der Waals surface area contributed by atoms with Gasteiger partial charge in [-0.3, -0.25) is 0 Å². The summed E-state index contributed by atoms with van der Waals surface area (Å²) < 4.78 is 14.7. The standard InChI is InChI=1S/C12H14FN3S/c1-2-17-12-7-11(14)16(15-12)8-9-4-3-5-10(13)6-9/h3-7H,2,8,14H2,1H3. The molecule has 90 valence electrons. The van der Waals surface area contributed by atoms with Gasteiger partial charge in [-0.25, -0.2) is 9.07 Å². The molecule has 0 saturated carbocycles. The summed E-state index contributed by atoms with van der Waals surface area (Å²) in [6, 6.07) is 8.30. The van der Waals surface area contributed by atoms with E-state index in [1.165, 1.54) is 12.1 Å². The van der Waals surface area contributed by atoms with Crippen molar-refractivity contribution in [3.05, 3.63) is 41.7 Å². The SMILES string of the molecule is CCSc1cc(N)n(Cc2cccc(F)c2)n1. The lowest BCUT2D eigenvalue weighted by molar-refractivity contribution is 0.618. The first-order valence-electron chi connectivity index (χ1n) is 5.39. The smallest absolute Gasteiger partial charge is 0.123 e. The molecule has 0 aliphatic heterocycles. The number of hydrogen-bond acceptors (Lipinski definition) is 3. The van der Waals surface area contributed by atoms with Gasteiger partial charge in [0.25, 0.3) is 0 Å². The van der Waals surface area contributed by atoms with Crippen molar-refractivity contribution in [3.63, 3.8) is 0 Å². The van der Waals surface area contributed by atoms with E-state index in [-0.39, 0.29) is 5.82 Å². The number of aromatic nitrogens is 2. The molecule has 0 aliphatic carbocycles. The van der Waals surface area contributed by atoms with E-state index in [0.717, 1.165) is 16.3 Å². The Balaban J connectivity index is 2.18. The van der Waals surface area contributed by atoms with E-state index in [1.807, 2.05) is 12.1 Å². The number of nitrogens with zero attached hydrogens (tertiary/aromatic N) is 2. The largest absolute Gasteiger partial charge is 0.384 e. The topological polar surface area (TPSA) is 43.8 Å². The van der Waals surface area contributed by atoms with Gasteiger partial charge in [-0.15, -0.1) is 11.8 Å². The zero-order valence-corrected chi connectivity index (χ0v) is 10.4. The fraction of sp³-hybridized carbons (Fsp3) is 0.250. The van der Waals surface area contributed by atoms with Crippen LogP contribution in [0.25, 0.3) is 0 Å². The van der Waals surface area contributed by atoms with Crippen molar-refractivity contribution in [2.24, 2.45) is 0 Å². The van der Waals surface area contributed by atoms with Crippen LogP contribution < -0.4 is 5.73 Å². The summed E-state index contributed by atoms with van der Waals surface area (Å²) in [6.45, 7) is 2.56. The summed E-state index contributed by atoms with van der Waals surface area (Å²) in [6.07, 6.45) is 0. The molecule has 2 rings (SSSR count). The molecule has 3 nitrogen and oxygen atoms in total. The summed E-state index contributed by atoms with van der Waals surface area (Å²) in [7, 11) is 0. The molecule has 0 unspecified atom stereocenters. The van der Waals surface area contributed by atoms with E-state index in [0.29, 0.717) is 12.4 Å². The van der Waals surface area contributed by atoms with Crippen LogP contribution in [0.4, 0.5) is 10.2 Å². The van der Waals surface area contributed by atoms with Crippen LogP contribution in [-0.2, 0) is 6.54 Å². The highest BCUT2D eigenvalue weighted by Crippen LogP contribution is 2.19. The third kappa shape index (κ3) is 3.00. The normalized spacial score (nSPS) is 10.7. The molecular formula is C12H14FN3S. The van der Waals surface area contributed by atoms with Crippen molar-refractivity contribution in [1.82, 2.24) is 9.78 Å². The van der Waals surface area contributed by atoms with Crippen molar-refractivity contribution in [2.45, 2.75) is 18.5 Å². The number of benzene rings is 1. The van der Waals surface area contributed by atoms with E-state index < -0.39 is 0 Å². The van der Waals surface area contributed by atoms with Gasteiger partial charge in [-0.05, 0) is 23.4 Å². The summed E-state index contributed by atoms with van der Waals surface area (Å²) in [5, 5.41) is 5.26. The third-order valence-electron chi connectivity index (χ3n) is 2.30. The van der Waals surface area contributed by atoms with Gasteiger partial charge in [0.1, 0.15) is 16.7 Å². The number of anilines is 1. The second kappa shape index (κ2) is 5.23. The van der Waals surface area contributed by atoms with Crippen LogP contribution in [0.3, 0.4) is 0 Å². The molecule has 0 atom stereocenters. The van der Waals surface area contributed by atoms with Crippen molar-refractivity contribution in [3.8, 4) is 0 Å². The predicted octanol–water partition coefficient (Wildman–Crippen LogP) is 2.76. The lowest BCUT2D eigenvalue weighted by Gasteiger charge is -2.04. The molecule has 0 aliphatic rings. The minimum atomic E-state index is -0.239. The molecule has 1 heterocycles. The number of nitrogens with two attached hydrogens (primary N) is 1. The Morgan fingerprint density at radius 2 is 2.24 bits per heavy atom. The Kier molecular flexibility index (Phi) is 3.68. The lowest BCUT2D eigenvalue weighted by atomic mass is 10.2. The molecule has 5 heteroatoms. The van der Waals surface area contributed by atoms with Crippen LogP contribution >= 0.6 is 11.8 Å². The first-order chi connectivity index (χ1) is 8.19. The van der Waals surface area contributed by atoms with Gasteiger partial charge in [0.2, 0.25) is 0 Å². The predicted molar refractivity (Wildman–Crippen MR) is 68.5 cm³/mol. The molecule has 2 aromatic rings. The molecule has 17 heavy (non-hydrogen) atoms. The van der Waals surface area contributed by atoms with Gasteiger partial charge in [-0.2, -0.15) is 5.10 Å². The van der Waals surface area contributed by atoms with E-state index in [1.54, 1.807) is 22.5 Å². The minimum absolute atomic E-state index is 0.239. The van der Waals surface area contributed by atoms with Crippen molar-refractivity contribution in [1.29, 1.82) is 0 Å². The van der Waals surface area contributed by atoms with Gasteiger partial charge < -0.3 is 5.73 Å². The maximum Gasteiger partial charge on any atom is 0.123 e. The molecule has 2 N–H and O–H groups in total. The maximum absolute atomic E-state index is 13.0. The zero-order chi connectivity index (χ0) is 12.3. The quantitative estimate of drug-likeness (QED) is 0.850. The highest BCUT2D eigenvalue weighted by Gasteiger charge is 2.05. The molecule has 0 bridgehead atoms. The van der Waals surface area contributed by atoms with Gasteiger partial charge in [-0.1, -0.05) is 19.1 Å². The average molecular weight is 251 g/mol. The second-order valence-electron chi connectivity index (χ2n) is 3.63. The summed E-state index contributed by atoms with van der Waals surface area (Å²) in [4.78, 5) is 0. The molecule has 0 amide bonds. The van der Waals surface area contributed by atoms with E-state index in [4.69, 9.17) is 5.73 Å². The highest BCUT2D eigenvalue weighted by molar-refractivity contribution is 7.99. The number of nitrogen functional groups attached to an aromatic ring is 1. The Labute approximate surface area is 104 Å². The van der Waals surface area contributed by atoms with Gasteiger partial charge in [0.05, 0.1) is 6.54 Å². The average Bonchev–Trinajstić information content (AvgIpc) is 2.60. The number of thioether (sulfide) groups is 1. The van der Waals surface area contributed by atoms with Crippen molar-refractivity contribution < 1.29 is 4.39 Å². The van der Waals surface area contributed by atoms with Crippen LogP contribution in [0.1, 0.15) is 12.5 Å². The Hall–Kier alpha value is -1.49. The molecule has 0 fully saturated rings. The van der Waals surface area contributed by atoms with Gasteiger partial charge in [0.15, 0.2) is 0 Å². The lowest BCUT2D eigenvalue weighted by Crippen LogP contribution is -2.05. The van der Waals surface area contributed by atoms with E-state index in [9.17, 15) is 4.39 Å². The van der Waals surface area contributed by atoms with E-state index >= 15 is 0 Å². The Morgan fingerprint density at radius 3 is 2.94 bits per heavy atom. The van der Waals surface area contributed by atoms with Gasteiger partial charge in [0, 0.05) is 6.07 Å². The summed E-state index contributed by atoms with van der Waals surface area (Å²) in [5.74, 6) is 1.32. The molecule has 0 spiro atoms. The zero-order valence-electron chi connectivity index (χ0n) is 9.56. The number of rotatable bonds is 4. The minimum Gasteiger partial charge on any atom is -0.384 e. The number of hydrogen-bond donors (Lipinski definition) is 1. The number of halogens is 1. The summed E-state index contributed by atoms with van der Waals surface area (Å²) in [5.41, 5.74) is 6.71. The van der Waals surface area contributed by atoms with E-state index in [2.05, 4.69) is 12.0 Å². The van der Waals surface area contributed by atoms with Crippen molar-refractivity contribution >= 4 is 17.6 Å².